The predicted octanol–water partition coefficient (Wildman–Crippen LogP) is 2.87. The lowest BCUT2D eigenvalue weighted by molar-refractivity contribution is 0.0658. The van der Waals surface area contributed by atoms with Crippen molar-refractivity contribution < 1.29 is 9.53 Å². The van der Waals surface area contributed by atoms with Crippen molar-refractivity contribution in [3.63, 3.8) is 0 Å². The normalized spacial score (nSPS) is 15.1. The zero-order valence-electron chi connectivity index (χ0n) is 14.3. The molecule has 0 unspecified atom stereocenters. The van der Waals surface area contributed by atoms with Crippen molar-refractivity contribution in [1.82, 2.24) is 14.8 Å². The molecule has 0 atom stereocenters. The van der Waals surface area contributed by atoms with E-state index in [0.29, 0.717) is 16.5 Å². The van der Waals surface area contributed by atoms with E-state index in [0.717, 1.165) is 37.6 Å². The van der Waals surface area contributed by atoms with Crippen LogP contribution >= 0.6 is 11.6 Å². The molecule has 0 bridgehead atoms. The molecule has 7 heteroatoms. The number of nitrogens with one attached hydrogen (secondary N) is 1. The SMILES string of the molecule is COc1ccc(Cl)cc1Nc1ccc(C(=O)N2CCN(C)CC2)nc1. The number of hydrogen-bond acceptors (Lipinski definition) is 5. The summed E-state index contributed by atoms with van der Waals surface area (Å²) in [7, 11) is 3.66. The highest BCUT2D eigenvalue weighted by molar-refractivity contribution is 6.31. The van der Waals surface area contributed by atoms with Gasteiger partial charge in [0.15, 0.2) is 0 Å². The Labute approximate surface area is 152 Å². The van der Waals surface area contributed by atoms with Crippen molar-refractivity contribution in [2.75, 3.05) is 45.7 Å². The number of benzene rings is 1. The minimum Gasteiger partial charge on any atom is -0.495 e. The maximum absolute atomic E-state index is 12.5. The number of methoxy groups -OCH3 is 1. The first-order valence-corrected chi connectivity index (χ1v) is 8.49. The van der Waals surface area contributed by atoms with E-state index in [1.54, 1.807) is 37.6 Å². The molecule has 0 saturated carbocycles. The molecule has 0 aliphatic carbocycles. The Morgan fingerprint density at radius 1 is 1.20 bits per heavy atom. The molecule has 2 heterocycles. The number of aromatic nitrogens is 1. The number of rotatable bonds is 4. The number of piperazine rings is 1. The molecule has 1 amide bonds. The summed E-state index contributed by atoms with van der Waals surface area (Å²) in [4.78, 5) is 20.9. The van der Waals surface area contributed by atoms with Crippen LogP contribution in [0.3, 0.4) is 0 Å². The lowest BCUT2D eigenvalue weighted by Gasteiger charge is -2.32. The lowest BCUT2D eigenvalue weighted by Crippen LogP contribution is -2.47. The van der Waals surface area contributed by atoms with Gasteiger partial charge in [0.05, 0.1) is 24.7 Å². The number of hydrogen-bond donors (Lipinski definition) is 1. The first kappa shape index (κ1) is 17.5. The second kappa shape index (κ2) is 7.72. The number of nitrogens with zero attached hydrogens (tertiary/aromatic N) is 3. The Morgan fingerprint density at radius 2 is 1.96 bits per heavy atom. The van der Waals surface area contributed by atoms with Crippen LogP contribution in [0.1, 0.15) is 10.5 Å². The third-order valence-corrected chi connectivity index (χ3v) is 4.45. The minimum absolute atomic E-state index is 0.0278. The standard InChI is InChI=1S/C18H21ClN4O2/c1-22-7-9-23(10-8-22)18(24)15-5-4-14(12-20-15)21-16-11-13(19)3-6-17(16)25-2/h3-6,11-12,21H,7-10H2,1-2H3. The summed E-state index contributed by atoms with van der Waals surface area (Å²) in [5, 5.41) is 3.82. The number of carbonyl (C=O) groups excluding carboxylic acids is 1. The van der Waals surface area contributed by atoms with Crippen molar-refractivity contribution in [3.8, 4) is 5.75 Å². The molecule has 0 radical (unpaired) electrons. The number of halogens is 1. The molecular formula is C18H21ClN4O2. The maximum Gasteiger partial charge on any atom is 0.272 e. The zero-order valence-corrected chi connectivity index (χ0v) is 15.1. The zero-order chi connectivity index (χ0) is 17.8. The third-order valence-electron chi connectivity index (χ3n) is 4.21. The van der Waals surface area contributed by atoms with Gasteiger partial charge in [0.1, 0.15) is 11.4 Å². The maximum atomic E-state index is 12.5. The van der Waals surface area contributed by atoms with E-state index in [9.17, 15) is 4.79 Å². The molecule has 2 aromatic rings. The number of anilines is 2. The Kier molecular flexibility index (Phi) is 5.40. The fraction of sp³-hybridized carbons (Fsp3) is 0.333. The second-order valence-electron chi connectivity index (χ2n) is 6.00. The molecule has 3 rings (SSSR count). The molecule has 132 valence electrons. The fourth-order valence-corrected chi connectivity index (χ4v) is 2.87. The van der Waals surface area contributed by atoms with Crippen molar-refractivity contribution in [3.05, 3.63) is 47.2 Å². The van der Waals surface area contributed by atoms with E-state index in [4.69, 9.17) is 16.3 Å². The van der Waals surface area contributed by atoms with E-state index < -0.39 is 0 Å². The summed E-state index contributed by atoms with van der Waals surface area (Å²) in [5.41, 5.74) is 1.96. The first-order valence-electron chi connectivity index (χ1n) is 8.11. The largest absolute Gasteiger partial charge is 0.495 e. The number of likely N-dealkylation sites (N-methyl/N-ethyl adjacent to an activating group) is 1. The fourth-order valence-electron chi connectivity index (χ4n) is 2.70. The number of amides is 1. The monoisotopic (exact) mass is 360 g/mol. The van der Waals surface area contributed by atoms with Gasteiger partial charge in [-0.1, -0.05) is 11.6 Å². The van der Waals surface area contributed by atoms with Crippen LogP contribution in [0.2, 0.25) is 5.02 Å². The Morgan fingerprint density at radius 3 is 2.60 bits per heavy atom. The van der Waals surface area contributed by atoms with Gasteiger partial charge in [0, 0.05) is 31.2 Å². The van der Waals surface area contributed by atoms with E-state index in [1.807, 2.05) is 11.0 Å². The lowest BCUT2D eigenvalue weighted by atomic mass is 10.2. The second-order valence-corrected chi connectivity index (χ2v) is 6.43. The average Bonchev–Trinajstić information content (AvgIpc) is 2.63. The van der Waals surface area contributed by atoms with Gasteiger partial charge in [0.25, 0.3) is 5.91 Å². The van der Waals surface area contributed by atoms with Crippen molar-refractivity contribution in [1.29, 1.82) is 0 Å². The Balaban J connectivity index is 1.70. The van der Waals surface area contributed by atoms with Crippen LogP contribution in [0.5, 0.6) is 5.75 Å². The molecular weight excluding hydrogens is 340 g/mol. The van der Waals surface area contributed by atoms with Gasteiger partial charge in [-0.25, -0.2) is 4.98 Å². The van der Waals surface area contributed by atoms with Crippen molar-refractivity contribution >= 4 is 28.9 Å². The van der Waals surface area contributed by atoms with Gasteiger partial charge < -0.3 is 19.9 Å². The molecule has 1 aromatic heterocycles. The quantitative estimate of drug-likeness (QED) is 0.908. The van der Waals surface area contributed by atoms with Crippen LogP contribution in [0.15, 0.2) is 36.5 Å². The highest BCUT2D eigenvalue weighted by atomic mass is 35.5. The molecule has 1 aliphatic rings. The molecule has 6 nitrogen and oxygen atoms in total. The number of pyridine rings is 1. The summed E-state index contributed by atoms with van der Waals surface area (Å²) in [6, 6.07) is 8.91. The van der Waals surface area contributed by atoms with E-state index in [2.05, 4.69) is 22.2 Å². The summed E-state index contributed by atoms with van der Waals surface area (Å²) >= 11 is 6.04. The summed E-state index contributed by atoms with van der Waals surface area (Å²) < 4.78 is 5.32. The van der Waals surface area contributed by atoms with Crippen LogP contribution in [0.25, 0.3) is 0 Å². The summed E-state index contributed by atoms with van der Waals surface area (Å²) in [6.07, 6.45) is 1.64. The molecule has 1 N–H and O–H groups in total. The topological polar surface area (TPSA) is 57.7 Å². The first-order chi connectivity index (χ1) is 12.1. The molecule has 1 aliphatic heterocycles. The molecule has 25 heavy (non-hydrogen) atoms. The number of ether oxygens (including phenoxy) is 1. The van der Waals surface area contributed by atoms with E-state index in [1.165, 1.54) is 0 Å². The van der Waals surface area contributed by atoms with Crippen molar-refractivity contribution in [2.45, 2.75) is 0 Å². The van der Waals surface area contributed by atoms with Crippen LogP contribution < -0.4 is 10.1 Å². The van der Waals surface area contributed by atoms with Crippen molar-refractivity contribution in [2.24, 2.45) is 0 Å². The predicted molar refractivity (Wildman–Crippen MR) is 98.9 cm³/mol. The molecule has 1 saturated heterocycles. The van der Waals surface area contributed by atoms with E-state index in [-0.39, 0.29) is 5.91 Å². The highest BCUT2D eigenvalue weighted by Gasteiger charge is 2.21. The summed E-state index contributed by atoms with van der Waals surface area (Å²) in [6.45, 7) is 3.24. The molecule has 0 spiro atoms. The third kappa shape index (κ3) is 4.21. The Bertz CT molecular complexity index is 743. The van der Waals surface area contributed by atoms with Crippen LogP contribution in [-0.2, 0) is 0 Å². The smallest absolute Gasteiger partial charge is 0.272 e. The average molecular weight is 361 g/mol. The summed E-state index contributed by atoms with van der Waals surface area (Å²) in [5.74, 6) is 0.655. The van der Waals surface area contributed by atoms with Crippen LogP contribution in [0, 0.1) is 0 Å². The minimum atomic E-state index is -0.0278. The van der Waals surface area contributed by atoms with Gasteiger partial charge in [0.2, 0.25) is 0 Å². The van der Waals surface area contributed by atoms with Gasteiger partial charge >= 0.3 is 0 Å². The van der Waals surface area contributed by atoms with Gasteiger partial charge in [-0.15, -0.1) is 0 Å². The Hall–Kier alpha value is -2.31. The van der Waals surface area contributed by atoms with Crippen LogP contribution in [-0.4, -0.2) is 61.0 Å². The van der Waals surface area contributed by atoms with Gasteiger partial charge in [-0.05, 0) is 37.4 Å². The van der Waals surface area contributed by atoms with Gasteiger partial charge in [-0.3, -0.25) is 4.79 Å². The van der Waals surface area contributed by atoms with Crippen LogP contribution in [0.4, 0.5) is 11.4 Å². The highest BCUT2D eigenvalue weighted by Crippen LogP contribution is 2.30. The molecule has 1 aromatic carbocycles. The van der Waals surface area contributed by atoms with Gasteiger partial charge in [-0.2, -0.15) is 0 Å². The molecule has 1 fully saturated rings. The number of carbonyl (C=O) groups is 1. The van der Waals surface area contributed by atoms with E-state index >= 15 is 0 Å².